The van der Waals surface area contributed by atoms with Gasteiger partial charge in [-0.3, -0.25) is 0 Å². The molecule has 0 aliphatic carbocycles. The summed E-state index contributed by atoms with van der Waals surface area (Å²) >= 11 is 10.9. The molecule has 3 heteroatoms. The number of hydrogen-bond donors (Lipinski definition) is 1. The molecule has 0 aliphatic rings. The van der Waals surface area contributed by atoms with Crippen molar-refractivity contribution in [1.82, 2.24) is 0 Å². The van der Waals surface area contributed by atoms with Crippen LogP contribution in [-0.4, -0.2) is 22.5 Å². The maximum atomic E-state index is 8.76. The van der Waals surface area contributed by atoms with E-state index in [2.05, 4.69) is 0 Å². The van der Waals surface area contributed by atoms with Gasteiger partial charge in [0, 0.05) is 5.88 Å². The highest BCUT2D eigenvalue weighted by Gasteiger charge is 2.08. The molecule has 0 aromatic heterocycles. The number of aliphatic hydroxyl groups is 1. The Kier molecular flexibility index (Phi) is 4.72. The summed E-state index contributed by atoms with van der Waals surface area (Å²) in [5.74, 6) is 0.513. The van der Waals surface area contributed by atoms with Gasteiger partial charge in [0.1, 0.15) is 0 Å². The van der Waals surface area contributed by atoms with Gasteiger partial charge in [-0.25, -0.2) is 0 Å². The van der Waals surface area contributed by atoms with Crippen molar-refractivity contribution in [2.45, 2.75) is 24.8 Å². The van der Waals surface area contributed by atoms with Crippen LogP contribution in [0.2, 0.25) is 0 Å². The van der Waals surface area contributed by atoms with E-state index in [1.807, 2.05) is 0 Å². The molecular weight excluding hydrogens is 147 g/mol. The maximum absolute atomic E-state index is 8.76. The highest BCUT2D eigenvalue weighted by Crippen LogP contribution is 2.07. The van der Waals surface area contributed by atoms with Crippen LogP contribution in [0.3, 0.4) is 0 Å². The van der Waals surface area contributed by atoms with Gasteiger partial charge in [-0.15, -0.1) is 23.2 Å². The molecule has 0 saturated carbocycles. The van der Waals surface area contributed by atoms with Gasteiger partial charge >= 0.3 is 0 Å². The lowest BCUT2D eigenvalue weighted by molar-refractivity contribution is 0.187. The molecule has 0 aromatic carbocycles. The number of rotatable bonds is 3. The fraction of sp³-hybridized carbons (Fsp3) is 1.00. The average molecular weight is 157 g/mol. The lowest BCUT2D eigenvalue weighted by Crippen LogP contribution is -2.16. The van der Waals surface area contributed by atoms with Gasteiger partial charge in [0.25, 0.3) is 0 Å². The molecule has 0 bridgehead atoms. The Bertz CT molecular complexity index is 56.4. The summed E-state index contributed by atoms with van der Waals surface area (Å²) in [5.41, 5.74) is 0. The first-order valence-electron chi connectivity index (χ1n) is 2.56. The molecule has 1 nitrogen and oxygen atoms in total. The first kappa shape index (κ1) is 8.54. The van der Waals surface area contributed by atoms with Crippen LogP contribution in [0, 0.1) is 0 Å². The van der Waals surface area contributed by atoms with Crippen LogP contribution in [-0.2, 0) is 0 Å². The van der Waals surface area contributed by atoms with E-state index in [9.17, 15) is 0 Å². The molecule has 0 radical (unpaired) electrons. The first-order chi connectivity index (χ1) is 3.68. The van der Waals surface area contributed by atoms with Crippen LogP contribution in [0.15, 0.2) is 0 Å². The third-order valence-corrected chi connectivity index (χ3v) is 1.71. The average Bonchev–Trinajstić information content (AvgIpc) is 1.67. The van der Waals surface area contributed by atoms with Crippen molar-refractivity contribution in [3.63, 3.8) is 0 Å². The number of aliphatic hydroxyl groups excluding tert-OH is 1. The van der Waals surface area contributed by atoms with Crippen molar-refractivity contribution in [2.75, 3.05) is 5.88 Å². The van der Waals surface area contributed by atoms with E-state index in [1.165, 1.54) is 0 Å². The molecule has 1 N–H and O–H groups in total. The molecule has 0 heterocycles. The van der Waals surface area contributed by atoms with Crippen LogP contribution in [0.4, 0.5) is 0 Å². The molecule has 8 heavy (non-hydrogen) atoms. The summed E-state index contributed by atoms with van der Waals surface area (Å²) in [7, 11) is 0. The highest BCUT2D eigenvalue weighted by molar-refractivity contribution is 6.22. The third kappa shape index (κ3) is 3.53. The largest absolute Gasteiger partial charge is 0.392 e. The highest BCUT2D eigenvalue weighted by atomic mass is 35.5. The Balaban J connectivity index is 3.17. The summed E-state index contributed by atoms with van der Waals surface area (Å²) in [6, 6.07) is 0. The Morgan fingerprint density at radius 3 is 2.25 bits per heavy atom. The van der Waals surface area contributed by atoms with Crippen LogP contribution in [0.5, 0.6) is 0 Å². The van der Waals surface area contributed by atoms with Crippen LogP contribution in [0.25, 0.3) is 0 Å². The lowest BCUT2D eigenvalue weighted by Gasteiger charge is -2.08. The van der Waals surface area contributed by atoms with E-state index < -0.39 is 6.10 Å². The Labute approximate surface area is 59.6 Å². The van der Waals surface area contributed by atoms with Crippen LogP contribution in [0.1, 0.15) is 13.3 Å². The molecule has 0 aromatic rings. The zero-order valence-electron chi connectivity index (χ0n) is 4.77. The summed E-state index contributed by atoms with van der Waals surface area (Å²) in [6.45, 7) is 1.66. The van der Waals surface area contributed by atoms with Crippen molar-refractivity contribution in [3.8, 4) is 0 Å². The monoisotopic (exact) mass is 156 g/mol. The minimum absolute atomic E-state index is 0.188. The van der Waals surface area contributed by atoms with E-state index in [1.54, 1.807) is 6.92 Å². The molecule has 0 rings (SSSR count). The van der Waals surface area contributed by atoms with Crippen molar-refractivity contribution in [1.29, 1.82) is 0 Å². The summed E-state index contributed by atoms with van der Waals surface area (Å²) in [4.78, 5) is 0. The second kappa shape index (κ2) is 4.42. The van der Waals surface area contributed by atoms with Crippen molar-refractivity contribution in [3.05, 3.63) is 0 Å². The van der Waals surface area contributed by atoms with E-state index in [-0.39, 0.29) is 5.38 Å². The smallest absolute Gasteiger partial charge is 0.0676 e. The maximum Gasteiger partial charge on any atom is 0.0676 e. The Hall–Kier alpha value is 0.540. The number of alkyl halides is 2. The topological polar surface area (TPSA) is 20.2 Å². The zero-order chi connectivity index (χ0) is 6.57. The van der Waals surface area contributed by atoms with Gasteiger partial charge < -0.3 is 5.11 Å². The predicted octanol–water partition coefficient (Wildman–Crippen LogP) is 1.60. The minimum atomic E-state index is -0.449. The first-order valence-corrected chi connectivity index (χ1v) is 3.53. The van der Waals surface area contributed by atoms with Crippen molar-refractivity contribution in [2.24, 2.45) is 0 Å². The van der Waals surface area contributed by atoms with Gasteiger partial charge in [-0.2, -0.15) is 0 Å². The molecule has 0 unspecified atom stereocenters. The second-order valence-electron chi connectivity index (χ2n) is 1.73. The molecule has 0 aliphatic heterocycles. The molecular formula is C5H10Cl2O. The summed E-state index contributed by atoms with van der Waals surface area (Å²) in [5, 5.41) is 8.57. The fourth-order valence-electron chi connectivity index (χ4n) is 0.345. The normalized spacial score (nSPS) is 18.0. The molecule has 0 saturated heterocycles. The predicted molar refractivity (Wildman–Crippen MR) is 36.7 cm³/mol. The molecule has 2 atom stereocenters. The van der Waals surface area contributed by atoms with Crippen molar-refractivity contribution >= 4 is 23.2 Å². The van der Waals surface area contributed by atoms with E-state index in [0.717, 1.165) is 0 Å². The van der Waals surface area contributed by atoms with Crippen LogP contribution < -0.4 is 0 Å². The van der Waals surface area contributed by atoms with Crippen LogP contribution >= 0.6 is 23.2 Å². The number of hydrogen-bond acceptors (Lipinski definition) is 1. The standard InChI is InChI=1S/C5H10Cl2O/c1-4(8)5(7)2-3-6/h4-5,8H,2-3H2,1H3/t4-,5-/m1/s1. The van der Waals surface area contributed by atoms with Gasteiger partial charge in [-0.1, -0.05) is 0 Å². The minimum Gasteiger partial charge on any atom is -0.392 e. The quantitative estimate of drug-likeness (QED) is 0.617. The van der Waals surface area contributed by atoms with Crippen molar-refractivity contribution < 1.29 is 5.11 Å². The molecule has 0 amide bonds. The van der Waals surface area contributed by atoms with E-state index >= 15 is 0 Å². The SMILES string of the molecule is C[C@@H](O)[C@H](Cl)CCCl. The number of halogens is 2. The lowest BCUT2D eigenvalue weighted by atomic mass is 10.2. The van der Waals surface area contributed by atoms with Gasteiger partial charge in [-0.05, 0) is 13.3 Å². The summed E-state index contributed by atoms with van der Waals surface area (Å²) in [6.07, 6.45) is 0.219. The molecule has 0 spiro atoms. The molecule has 0 fully saturated rings. The molecule has 50 valence electrons. The van der Waals surface area contributed by atoms with Gasteiger partial charge in [0.05, 0.1) is 11.5 Å². The van der Waals surface area contributed by atoms with Gasteiger partial charge in [0.15, 0.2) is 0 Å². The Morgan fingerprint density at radius 2 is 2.12 bits per heavy atom. The van der Waals surface area contributed by atoms with Gasteiger partial charge in [0.2, 0.25) is 0 Å². The fourth-order valence-corrected chi connectivity index (χ4v) is 0.801. The third-order valence-electron chi connectivity index (χ3n) is 0.908. The second-order valence-corrected chi connectivity index (χ2v) is 2.67. The zero-order valence-corrected chi connectivity index (χ0v) is 6.28. The van der Waals surface area contributed by atoms with E-state index in [0.29, 0.717) is 12.3 Å². The summed E-state index contributed by atoms with van der Waals surface area (Å²) < 4.78 is 0. The van der Waals surface area contributed by atoms with E-state index in [4.69, 9.17) is 28.3 Å². The Morgan fingerprint density at radius 1 is 1.62 bits per heavy atom.